The fourth-order valence-corrected chi connectivity index (χ4v) is 2.58. The molecule has 0 spiro atoms. The fraction of sp³-hybridized carbons (Fsp3) is 0.308. The molecule has 5 nitrogen and oxygen atoms in total. The van der Waals surface area contributed by atoms with Gasteiger partial charge in [0.15, 0.2) is 11.5 Å². The molecular formula is C13H11NO4. The minimum Gasteiger partial charge on any atom is -0.454 e. The van der Waals surface area contributed by atoms with Gasteiger partial charge in [0.25, 0.3) is 0 Å². The lowest BCUT2D eigenvalue weighted by atomic mass is 9.98. The van der Waals surface area contributed by atoms with Gasteiger partial charge in [0, 0.05) is 18.0 Å². The van der Waals surface area contributed by atoms with Crippen LogP contribution in [0.5, 0.6) is 11.5 Å². The van der Waals surface area contributed by atoms with Crippen molar-refractivity contribution in [2.45, 2.75) is 13.0 Å². The third-order valence-electron chi connectivity index (χ3n) is 3.47. The molecule has 0 aliphatic carbocycles. The number of hydrogen-bond acceptors (Lipinski definition) is 5. The molecule has 2 aliphatic heterocycles. The quantitative estimate of drug-likeness (QED) is 0.706. The molecule has 1 aromatic heterocycles. The second-order valence-electron chi connectivity index (χ2n) is 4.48. The number of nitrogens with one attached hydrogen (secondary N) is 1. The van der Waals surface area contributed by atoms with Crippen molar-refractivity contribution in [3.05, 3.63) is 33.7 Å². The van der Waals surface area contributed by atoms with Crippen LogP contribution >= 0.6 is 0 Å². The van der Waals surface area contributed by atoms with Gasteiger partial charge >= 0.3 is 5.63 Å². The van der Waals surface area contributed by atoms with Gasteiger partial charge in [0.05, 0.1) is 5.56 Å². The molecule has 1 aromatic carbocycles. The van der Waals surface area contributed by atoms with Gasteiger partial charge in [-0.1, -0.05) is 0 Å². The first-order valence-corrected chi connectivity index (χ1v) is 5.92. The van der Waals surface area contributed by atoms with Crippen LogP contribution in [0.2, 0.25) is 0 Å². The van der Waals surface area contributed by atoms with Gasteiger partial charge < -0.3 is 19.2 Å². The van der Waals surface area contributed by atoms with Crippen molar-refractivity contribution in [2.24, 2.45) is 0 Å². The largest absolute Gasteiger partial charge is 0.454 e. The van der Waals surface area contributed by atoms with E-state index in [4.69, 9.17) is 13.9 Å². The molecule has 0 fully saturated rings. The molecule has 1 N–H and O–H groups in total. The summed E-state index contributed by atoms with van der Waals surface area (Å²) in [5.74, 6) is 1.36. The summed E-state index contributed by atoms with van der Waals surface area (Å²) in [4.78, 5) is 11.9. The highest BCUT2D eigenvalue weighted by Gasteiger charge is 2.21. The van der Waals surface area contributed by atoms with E-state index in [1.165, 1.54) is 0 Å². The molecule has 4 rings (SSSR count). The van der Waals surface area contributed by atoms with Crippen molar-refractivity contribution in [3.8, 4) is 11.5 Å². The molecule has 0 radical (unpaired) electrons. The highest BCUT2D eigenvalue weighted by atomic mass is 16.7. The number of fused-ring (bicyclic) bond motifs is 4. The predicted octanol–water partition coefficient (Wildman–Crippen LogP) is 1.17. The highest BCUT2D eigenvalue weighted by Crippen LogP contribution is 2.37. The van der Waals surface area contributed by atoms with Gasteiger partial charge in [0.1, 0.15) is 5.58 Å². The highest BCUT2D eigenvalue weighted by molar-refractivity contribution is 5.85. The van der Waals surface area contributed by atoms with Gasteiger partial charge in [-0.2, -0.15) is 0 Å². The molecule has 2 aliphatic rings. The summed E-state index contributed by atoms with van der Waals surface area (Å²) in [7, 11) is 0. The Morgan fingerprint density at radius 1 is 1.11 bits per heavy atom. The molecule has 0 saturated heterocycles. The number of hydrogen-bond donors (Lipinski definition) is 1. The fourth-order valence-electron chi connectivity index (χ4n) is 2.58. The van der Waals surface area contributed by atoms with Crippen molar-refractivity contribution in [3.63, 3.8) is 0 Å². The van der Waals surface area contributed by atoms with E-state index in [1.54, 1.807) is 6.07 Å². The lowest BCUT2D eigenvalue weighted by Crippen LogP contribution is -2.28. The molecule has 3 heterocycles. The van der Waals surface area contributed by atoms with E-state index < -0.39 is 0 Å². The van der Waals surface area contributed by atoms with Crippen LogP contribution in [-0.2, 0) is 13.0 Å². The van der Waals surface area contributed by atoms with Crippen LogP contribution < -0.4 is 20.4 Å². The summed E-state index contributed by atoms with van der Waals surface area (Å²) in [5.41, 5.74) is 2.11. The monoisotopic (exact) mass is 245 g/mol. The Labute approximate surface area is 102 Å². The van der Waals surface area contributed by atoms with Gasteiger partial charge in [-0.05, 0) is 24.6 Å². The molecule has 0 bridgehead atoms. The number of ether oxygens (including phenoxy) is 2. The van der Waals surface area contributed by atoms with E-state index in [-0.39, 0.29) is 12.4 Å². The van der Waals surface area contributed by atoms with E-state index in [9.17, 15) is 4.79 Å². The maximum atomic E-state index is 11.9. The van der Waals surface area contributed by atoms with Gasteiger partial charge in [0.2, 0.25) is 6.79 Å². The normalized spacial score (nSPS) is 16.9. The minimum atomic E-state index is -0.261. The van der Waals surface area contributed by atoms with Crippen LogP contribution in [-0.4, -0.2) is 13.3 Å². The van der Waals surface area contributed by atoms with Crippen LogP contribution in [0.1, 0.15) is 11.1 Å². The molecule has 2 aromatic rings. The van der Waals surface area contributed by atoms with E-state index in [1.807, 2.05) is 6.07 Å². The molecule has 92 valence electrons. The van der Waals surface area contributed by atoms with Gasteiger partial charge in [-0.15, -0.1) is 0 Å². The van der Waals surface area contributed by atoms with Crippen LogP contribution in [0.25, 0.3) is 11.0 Å². The zero-order valence-corrected chi connectivity index (χ0v) is 9.62. The van der Waals surface area contributed by atoms with E-state index in [0.717, 1.165) is 35.2 Å². The van der Waals surface area contributed by atoms with Crippen LogP contribution in [0, 0.1) is 0 Å². The predicted molar refractivity (Wildman–Crippen MR) is 64.0 cm³/mol. The summed E-state index contributed by atoms with van der Waals surface area (Å²) < 4.78 is 16.0. The Morgan fingerprint density at radius 2 is 1.94 bits per heavy atom. The molecule has 0 unspecified atom stereocenters. The van der Waals surface area contributed by atoms with Crippen LogP contribution in [0.4, 0.5) is 0 Å². The topological polar surface area (TPSA) is 60.7 Å². The Hall–Kier alpha value is -2.01. The Bertz CT molecular complexity index is 704. The average Bonchev–Trinajstić information content (AvgIpc) is 2.84. The number of rotatable bonds is 0. The first-order valence-electron chi connectivity index (χ1n) is 5.92. The summed E-state index contributed by atoms with van der Waals surface area (Å²) in [6.07, 6.45) is 0.830. The van der Waals surface area contributed by atoms with Crippen molar-refractivity contribution >= 4 is 11.0 Å². The maximum absolute atomic E-state index is 11.9. The second-order valence-corrected chi connectivity index (χ2v) is 4.48. The Kier molecular flexibility index (Phi) is 1.93. The maximum Gasteiger partial charge on any atom is 0.341 e. The van der Waals surface area contributed by atoms with Crippen molar-refractivity contribution in [2.75, 3.05) is 13.3 Å². The summed E-state index contributed by atoms with van der Waals surface area (Å²) in [6.45, 7) is 1.67. The van der Waals surface area contributed by atoms with Gasteiger partial charge in [-0.25, -0.2) is 4.79 Å². The molecule has 18 heavy (non-hydrogen) atoms. The lowest BCUT2D eigenvalue weighted by Gasteiger charge is -2.17. The molecule has 0 atom stereocenters. The second kappa shape index (κ2) is 3.49. The Morgan fingerprint density at radius 3 is 2.83 bits per heavy atom. The van der Waals surface area contributed by atoms with Crippen molar-refractivity contribution in [1.82, 2.24) is 5.32 Å². The third-order valence-corrected chi connectivity index (χ3v) is 3.47. The smallest absolute Gasteiger partial charge is 0.341 e. The van der Waals surface area contributed by atoms with Gasteiger partial charge in [-0.3, -0.25) is 0 Å². The summed E-state index contributed by atoms with van der Waals surface area (Å²) in [5, 5.41) is 4.14. The Balaban J connectivity index is 2.09. The molecule has 0 saturated carbocycles. The molecule has 0 amide bonds. The molecule has 5 heteroatoms. The van der Waals surface area contributed by atoms with Crippen LogP contribution in [0.15, 0.2) is 21.3 Å². The SMILES string of the molecule is O=c1oc2cc3c(cc2c2c1CNCC2)OCO3. The van der Waals surface area contributed by atoms with E-state index in [0.29, 0.717) is 17.9 Å². The van der Waals surface area contributed by atoms with E-state index in [2.05, 4.69) is 5.32 Å². The first-order chi connectivity index (χ1) is 8.83. The lowest BCUT2D eigenvalue weighted by molar-refractivity contribution is 0.174. The zero-order chi connectivity index (χ0) is 12.1. The first kappa shape index (κ1) is 9.96. The van der Waals surface area contributed by atoms with Crippen molar-refractivity contribution in [1.29, 1.82) is 0 Å². The van der Waals surface area contributed by atoms with Crippen LogP contribution in [0.3, 0.4) is 0 Å². The summed E-state index contributed by atoms with van der Waals surface area (Å²) >= 11 is 0. The third kappa shape index (κ3) is 1.28. The van der Waals surface area contributed by atoms with E-state index >= 15 is 0 Å². The number of benzene rings is 1. The average molecular weight is 245 g/mol. The molecular weight excluding hydrogens is 234 g/mol. The zero-order valence-electron chi connectivity index (χ0n) is 9.62. The van der Waals surface area contributed by atoms with Crippen molar-refractivity contribution < 1.29 is 13.9 Å². The minimum absolute atomic E-state index is 0.222. The standard InChI is InChI=1S/C13H11NO4/c15-13-9-5-14-2-1-7(9)8-3-11-12(17-6-16-11)4-10(8)18-13/h3-4,14H,1-2,5-6H2. The summed E-state index contributed by atoms with van der Waals surface area (Å²) in [6, 6.07) is 3.64.